The van der Waals surface area contributed by atoms with Gasteiger partial charge in [0.2, 0.25) is 0 Å². The summed E-state index contributed by atoms with van der Waals surface area (Å²) in [5.74, 6) is 1.66. The number of nitrogens with zero attached hydrogens (tertiary/aromatic N) is 2. The van der Waals surface area contributed by atoms with Gasteiger partial charge in [0, 0.05) is 56.0 Å². The van der Waals surface area contributed by atoms with Crippen molar-refractivity contribution >= 4 is 5.91 Å². The molecule has 0 bridgehead atoms. The molecule has 1 aromatic carbocycles. The number of hydrogen-bond acceptors (Lipinski definition) is 5. The normalized spacial score (nSPS) is 24.6. The van der Waals surface area contributed by atoms with Crippen LogP contribution in [0.4, 0.5) is 0 Å². The minimum Gasteiger partial charge on any atom is -0.497 e. The van der Waals surface area contributed by atoms with Crippen molar-refractivity contribution in [2.24, 2.45) is 11.8 Å². The fraction of sp³-hybridized carbons (Fsp3) is 0.429. The highest BCUT2D eigenvalue weighted by Crippen LogP contribution is 2.34. The van der Waals surface area contributed by atoms with Gasteiger partial charge in [0.15, 0.2) is 0 Å². The average Bonchev–Trinajstić information content (AvgIpc) is 3.27. The summed E-state index contributed by atoms with van der Waals surface area (Å²) < 4.78 is 11.3. The first-order valence-corrected chi connectivity index (χ1v) is 9.38. The van der Waals surface area contributed by atoms with E-state index in [1.54, 1.807) is 31.6 Å². The number of carbonyl (C=O) groups excluding carboxylic acids is 1. The predicted octanol–water partition coefficient (Wildman–Crippen LogP) is 1.97. The first kappa shape index (κ1) is 17.9. The maximum Gasteiger partial charge on any atom is 0.251 e. The molecule has 3 atom stereocenters. The number of rotatable bonds is 6. The summed E-state index contributed by atoms with van der Waals surface area (Å²) in [5, 5.41) is 3.05. The molecule has 1 aromatic heterocycles. The molecule has 2 fully saturated rings. The predicted molar refractivity (Wildman–Crippen MR) is 102 cm³/mol. The molecular formula is C21H25N3O3. The Morgan fingerprint density at radius 3 is 2.96 bits per heavy atom. The molecule has 2 saturated heterocycles. The highest BCUT2D eigenvalue weighted by atomic mass is 16.5. The summed E-state index contributed by atoms with van der Waals surface area (Å²) in [6.45, 7) is 4.20. The number of amides is 1. The molecule has 27 heavy (non-hydrogen) atoms. The highest BCUT2D eigenvalue weighted by molar-refractivity contribution is 5.93. The monoisotopic (exact) mass is 367 g/mol. The van der Waals surface area contributed by atoms with Gasteiger partial charge in [-0.2, -0.15) is 0 Å². The lowest BCUT2D eigenvalue weighted by atomic mass is 9.93. The number of benzene rings is 1. The van der Waals surface area contributed by atoms with Crippen molar-refractivity contribution in [2.75, 3.05) is 33.4 Å². The van der Waals surface area contributed by atoms with Crippen molar-refractivity contribution in [3.63, 3.8) is 0 Å². The van der Waals surface area contributed by atoms with Gasteiger partial charge in [-0.15, -0.1) is 0 Å². The van der Waals surface area contributed by atoms with E-state index in [0.717, 1.165) is 32.0 Å². The van der Waals surface area contributed by atoms with Crippen LogP contribution in [-0.2, 0) is 11.3 Å². The summed E-state index contributed by atoms with van der Waals surface area (Å²) in [6.07, 6.45) is 3.53. The van der Waals surface area contributed by atoms with Gasteiger partial charge in [-0.05, 0) is 29.8 Å². The largest absolute Gasteiger partial charge is 0.497 e. The Hall–Kier alpha value is -2.44. The lowest BCUT2D eigenvalue weighted by Crippen LogP contribution is -2.34. The smallest absolute Gasteiger partial charge is 0.251 e. The third-order valence-electron chi connectivity index (χ3n) is 5.52. The van der Waals surface area contributed by atoms with E-state index in [2.05, 4.69) is 27.3 Å². The van der Waals surface area contributed by atoms with Crippen LogP contribution in [0.25, 0.3) is 0 Å². The van der Waals surface area contributed by atoms with Gasteiger partial charge < -0.3 is 14.8 Å². The van der Waals surface area contributed by atoms with E-state index in [9.17, 15) is 4.79 Å². The number of ether oxygens (including phenoxy) is 2. The second kappa shape index (κ2) is 8.06. The minimum absolute atomic E-state index is 0.0490. The highest BCUT2D eigenvalue weighted by Gasteiger charge is 2.43. The molecule has 0 saturated carbocycles. The second-order valence-corrected chi connectivity index (χ2v) is 7.29. The van der Waals surface area contributed by atoms with E-state index in [0.29, 0.717) is 23.9 Å². The molecule has 0 spiro atoms. The van der Waals surface area contributed by atoms with Crippen LogP contribution >= 0.6 is 0 Å². The quantitative estimate of drug-likeness (QED) is 0.846. The maximum absolute atomic E-state index is 12.3. The number of pyridine rings is 1. The molecule has 0 aliphatic carbocycles. The van der Waals surface area contributed by atoms with Crippen molar-refractivity contribution in [3.8, 4) is 5.75 Å². The molecule has 6 nitrogen and oxygen atoms in total. The van der Waals surface area contributed by atoms with Crippen LogP contribution in [0.3, 0.4) is 0 Å². The van der Waals surface area contributed by atoms with Crippen LogP contribution in [0.1, 0.15) is 15.9 Å². The zero-order chi connectivity index (χ0) is 18.6. The van der Waals surface area contributed by atoms with Gasteiger partial charge in [0.1, 0.15) is 5.75 Å². The number of hydrogen-bond donors (Lipinski definition) is 1. The van der Waals surface area contributed by atoms with Crippen molar-refractivity contribution in [1.82, 2.24) is 15.2 Å². The summed E-state index contributed by atoms with van der Waals surface area (Å²) in [4.78, 5) is 18.6. The number of carbonyl (C=O) groups is 1. The van der Waals surface area contributed by atoms with Crippen molar-refractivity contribution in [1.29, 1.82) is 0 Å². The van der Waals surface area contributed by atoms with Gasteiger partial charge >= 0.3 is 0 Å². The molecule has 1 amide bonds. The maximum atomic E-state index is 12.3. The molecule has 2 aliphatic heterocycles. The van der Waals surface area contributed by atoms with E-state index in [1.165, 1.54) is 5.56 Å². The summed E-state index contributed by atoms with van der Waals surface area (Å²) in [5.41, 5.74) is 1.89. The van der Waals surface area contributed by atoms with Gasteiger partial charge in [0.25, 0.3) is 5.91 Å². The Labute approximate surface area is 159 Å². The fourth-order valence-electron chi connectivity index (χ4n) is 4.08. The lowest BCUT2D eigenvalue weighted by Gasteiger charge is -2.20. The Balaban J connectivity index is 1.31. The van der Waals surface area contributed by atoms with E-state index < -0.39 is 0 Å². The number of fused-ring (bicyclic) bond motifs is 1. The molecule has 4 rings (SSSR count). The second-order valence-electron chi connectivity index (χ2n) is 7.29. The molecule has 2 aromatic rings. The first-order valence-electron chi connectivity index (χ1n) is 9.38. The summed E-state index contributed by atoms with van der Waals surface area (Å²) in [7, 11) is 1.69. The molecular weight excluding hydrogens is 342 g/mol. The molecule has 142 valence electrons. The first-order chi connectivity index (χ1) is 13.2. The number of likely N-dealkylation sites (tertiary alicyclic amines) is 1. The fourth-order valence-corrected chi connectivity index (χ4v) is 4.08. The van der Waals surface area contributed by atoms with Crippen LogP contribution in [0, 0.1) is 11.8 Å². The molecule has 3 heterocycles. The third-order valence-corrected chi connectivity index (χ3v) is 5.52. The third kappa shape index (κ3) is 4.12. The molecule has 1 N–H and O–H groups in total. The molecule has 6 heteroatoms. The van der Waals surface area contributed by atoms with Crippen LogP contribution in [0.2, 0.25) is 0 Å². The van der Waals surface area contributed by atoms with Crippen LogP contribution in [0.15, 0.2) is 48.8 Å². The lowest BCUT2D eigenvalue weighted by molar-refractivity contribution is 0.0903. The van der Waals surface area contributed by atoms with Crippen molar-refractivity contribution < 1.29 is 14.3 Å². The topological polar surface area (TPSA) is 63.7 Å². The van der Waals surface area contributed by atoms with Gasteiger partial charge in [-0.1, -0.05) is 12.1 Å². The number of aromatic nitrogens is 1. The molecule has 0 radical (unpaired) electrons. The Morgan fingerprint density at radius 1 is 1.30 bits per heavy atom. The van der Waals surface area contributed by atoms with E-state index in [4.69, 9.17) is 9.47 Å². The zero-order valence-corrected chi connectivity index (χ0v) is 15.5. The zero-order valence-electron chi connectivity index (χ0n) is 15.5. The van der Waals surface area contributed by atoms with Gasteiger partial charge in [-0.3, -0.25) is 14.7 Å². The number of nitrogens with one attached hydrogen (secondary N) is 1. The van der Waals surface area contributed by atoms with Crippen LogP contribution in [-0.4, -0.2) is 55.2 Å². The van der Waals surface area contributed by atoms with Crippen LogP contribution in [0.5, 0.6) is 5.75 Å². The number of methoxy groups -OCH3 is 1. The van der Waals surface area contributed by atoms with Crippen molar-refractivity contribution in [3.05, 3.63) is 59.9 Å². The Morgan fingerprint density at radius 2 is 2.15 bits per heavy atom. The standard InChI is InChI=1S/C21H25N3O3/c1-26-18-4-2-3-15(9-18)11-24-12-19-17(14-27-20(19)13-24)10-23-21(25)16-5-7-22-8-6-16/h2-9,17,19-20H,10-14H2,1H3,(H,23,25)/t17-,19+,20+/m1/s1. The average molecular weight is 367 g/mol. The Kier molecular flexibility index (Phi) is 5.36. The minimum atomic E-state index is -0.0490. The summed E-state index contributed by atoms with van der Waals surface area (Å²) in [6, 6.07) is 11.7. The SMILES string of the molecule is COc1cccc(CN2C[C@H]3[C@H](CNC(=O)c4ccncc4)CO[C@H]3C2)c1. The van der Waals surface area contributed by atoms with E-state index in [-0.39, 0.29) is 12.0 Å². The molecule has 2 aliphatic rings. The van der Waals surface area contributed by atoms with E-state index in [1.807, 2.05) is 12.1 Å². The van der Waals surface area contributed by atoms with Gasteiger partial charge in [0.05, 0.1) is 19.8 Å². The van der Waals surface area contributed by atoms with Gasteiger partial charge in [-0.25, -0.2) is 0 Å². The Bertz CT molecular complexity index is 783. The van der Waals surface area contributed by atoms with E-state index >= 15 is 0 Å². The molecule has 0 unspecified atom stereocenters. The van der Waals surface area contributed by atoms with Crippen LogP contribution < -0.4 is 10.1 Å². The summed E-state index contributed by atoms with van der Waals surface area (Å²) >= 11 is 0. The van der Waals surface area contributed by atoms with Crippen molar-refractivity contribution in [2.45, 2.75) is 12.6 Å².